The van der Waals surface area contributed by atoms with Crippen molar-refractivity contribution < 1.29 is 14.1 Å². The van der Waals surface area contributed by atoms with Gasteiger partial charge in [-0.05, 0) is 24.8 Å². The molecule has 7 heteroatoms. The van der Waals surface area contributed by atoms with E-state index >= 15 is 0 Å². The van der Waals surface area contributed by atoms with Crippen LogP contribution in [0.4, 0.5) is 5.00 Å². The lowest BCUT2D eigenvalue weighted by atomic mass is 10.1. The number of thiophene rings is 1. The van der Waals surface area contributed by atoms with Crippen molar-refractivity contribution in [1.29, 1.82) is 0 Å². The molecule has 1 fully saturated rings. The second-order valence-corrected chi connectivity index (χ2v) is 5.28. The maximum absolute atomic E-state index is 12.1. The highest BCUT2D eigenvalue weighted by molar-refractivity contribution is 7.15. The topological polar surface area (TPSA) is 77.2 Å². The Morgan fingerprint density at radius 3 is 3.16 bits per heavy atom. The predicted octanol–water partition coefficient (Wildman–Crippen LogP) is 2.08. The van der Waals surface area contributed by atoms with Crippen LogP contribution in [0.2, 0.25) is 0 Å². The third kappa shape index (κ3) is 2.52. The first kappa shape index (κ1) is 12.3. The molecule has 0 saturated carbocycles. The molecule has 3 rings (SSSR count). The van der Waals surface area contributed by atoms with Gasteiger partial charge in [0, 0.05) is 6.61 Å². The van der Waals surface area contributed by atoms with Crippen LogP contribution >= 0.6 is 11.3 Å². The molecule has 0 bridgehead atoms. The normalized spacial score (nSPS) is 18.7. The van der Waals surface area contributed by atoms with Gasteiger partial charge in [-0.15, -0.1) is 11.3 Å². The molecule has 0 spiro atoms. The van der Waals surface area contributed by atoms with Gasteiger partial charge >= 0.3 is 0 Å². The zero-order chi connectivity index (χ0) is 13.2. The number of carbonyl (C=O) groups excluding carboxylic acids is 1. The van der Waals surface area contributed by atoms with Crippen molar-refractivity contribution in [2.24, 2.45) is 5.92 Å². The summed E-state index contributed by atoms with van der Waals surface area (Å²) >= 11 is 1.44. The minimum atomic E-state index is -0.0700. The SMILES string of the molecule is Cc1noc(-c2ccsc2NC(=O)[C@@H]2CCOC2)n1. The molecular formula is C12H13N3O3S. The van der Waals surface area contributed by atoms with Gasteiger partial charge in [-0.1, -0.05) is 5.16 Å². The number of amides is 1. The van der Waals surface area contributed by atoms with Crippen LogP contribution in [0.25, 0.3) is 11.5 Å². The number of hydrogen-bond donors (Lipinski definition) is 1. The number of ether oxygens (including phenoxy) is 1. The van der Waals surface area contributed by atoms with Crippen molar-refractivity contribution in [3.05, 3.63) is 17.3 Å². The Labute approximate surface area is 113 Å². The van der Waals surface area contributed by atoms with E-state index in [0.29, 0.717) is 24.9 Å². The number of nitrogens with one attached hydrogen (secondary N) is 1. The van der Waals surface area contributed by atoms with Gasteiger partial charge in [-0.2, -0.15) is 4.98 Å². The van der Waals surface area contributed by atoms with Crippen LogP contribution in [0.1, 0.15) is 12.2 Å². The lowest BCUT2D eigenvalue weighted by molar-refractivity contribution is -0.119. The first-order valence-electron chi connectivity index (χ1n) is 6.01. The average Bonchev–Trinajstić information content (AvgIpc) is 3.08. The quantitative estimate of drug-likeness (QED) is 0.930. The fourth-order valence-electron chi connectivity index (χ4n) is 1.94. The summed E-state index contributed by atoms with van der Waals surface area (Å²) in [6.45, 7) is 2.90. The summed E-state index contributed by atoms with van der Waals surface area (Å²) in [7, 11) is 0. The highest BCUT2D eigenvalue weighted by Gasteiger charge is 2.25. The molecule has 6 nitrogen and oxygen atoms in total. The van der Waals surface area contributed by atoms with E-state index in [-0.39, 0.29) is 11.8 Å². The Balaban J connectivity index is 1.78. The molecule has 1 atom stereocenters. The van der Waals surface area contributed by atoms with Gasteiger partial charge in [0.05, 0.1) is 18.1 Å². The lowest BCUT2D eigenvalue weighted by Gasteiger charge is -2.08. The summed E-state index contributed by atoms with van der Waals surface area (Å²) in [5.41, 5.74) is 0.762. The predicted molar refractivity (Wildman–Crippen MR) is 69.9 cm³/mol. The zero-order valence-corrected chi connectivity index (χ0v) is 11.2. The number of anilines is 1. The third-order valence-electron chi connectivity index (χ3n) is 2.96. The molecule has 1 saturated heterocycles. The van der Waals surface area contributed by atoms with Gasteiger partial charge in [-0.25, -0.2) is 0 Å². The van der Waals surface area contributed by atoms with E-state index in [0.717, 1.165) is 17.0 Å². The monoisotopic (exact) mass is 279 g/mol. The van der Waals surface area contributed by atoms with Crippen molar-refractivity contribution in [2.45, 2.75) is 13.3 Å². The van der Waals surface area contributed by atoms with Crippen molar-refractivity contribution in [3.63, 3.8) is 0 Å². The van der Waals surface area contributed by atoms with Crippen molar-refractivity contribution >= 4 is 22.2 Å². The Morgan fingerprint density at radius 2 is 2.47 bits per heavy atom. The van der Waals surface area contributed by atoms with Crippen LogP contribution in [-0.2, 0) is 9.53 Å². The minimum Gasteiger partial charge on any atom is -0.381 e. The van der Waals surface area contributed by atoms with Gasteiger partial charge < -0.3 is 14.6 Å². The smallest absolute Gasteiger partial charge is 0.260 e. The van der Waals surface area contributed by atoms with E-state index in [4.69, 9.17) is 9.26 Å². The highest BCUT2D eigenvalue weighted by atomic mass is 32.1. The molecule has 0 aliphatic carbocycles. The summed E-state index contributed by atoms with van der Waals surface area (Å²) in [5.74, 6) is 0.913. The molecule has 0 radical (unpaired) electrons. The van der Waals surface area contributed by atoms with Crippen LogP contribution in [-0.4, -0.2) is 29.3 Å². The Hall–Kier alpha value is -1.73. The Morgan fingerprint density at radius 1 is 1.58 bits per heavy atom. The molecule has 1 aliphatic heterocycles. The Kier molecular flexibility index (Phi) is 3.31. The molecule has 1 N–H and O–H groups in total. The van der Waals surface area contributed by atoms with E-state index in [1.165, 1.54) is 11.3 Å². The first-order valence-corrected chi connectivity index (χ1v) is 6.89. The summed E-state index contributed by atoms with van der Waals surface area (Å²) in [5, 5.41) is 9.29. The fraction of sp³-hybridized carbons (Fsp3) is 0.417. The number of rotatable bonds is 3. The van der Waals surface area contributed by atoms with Gasteiger partial charge in [0.2, 0.25) is 5.91 Å². The van der Waals surface area contributed by atoms with Crippen LogP contribution in [0.3, 0.4) is 0 Å². The number of hydrogen-bond acceptors (Lipinski definition) is 6. The van der Waals surface area contributed by atoms with E-state index < -0.39 is 0 Å². The van der Waals surface area contributed by atoms with E-state index in [1.54, 1.807) is 6.92 Å². The molecule has 100 valence electrons. The molecule has 1 amide bonds. The maximum atomic E-state index is 12.1. The van der Waals surface area contributed by atoms with Crippen molar-refractivity contribution in [3.8, 4) is 11.5 Å². The molecule has 1 aliphatic rings. The van der Waals surface area contributed by atoms with E-state index in [2.05, 4.69) is 15.5 Å². The highest BCUT2D eigenvalue weighted by Crippen LogP contribution is 2.32. The van der Waals surface area contributed by atoms with Crippen LogP contribution in [0.15, 0.2) is 16.0 Å². The van der Waals surface area contributed by atoms with Crippen LogP contribution in [0.5, 0.6) is 0 Å². The largest absolute Gasteiger partial charge is 0.381 e. The second kappa shape index (κ2) is 5.10. The molecule has 2 aromatic heterocycles. The number of aromatic nitrogens is 2. The summed E-state index contributed by atoms with van der Waals surface area (Å²) < 4.78 is 10.3. The third-order valence-corrected chi connectivity index (χ3v) is 3.79. The molecular weight excluding hydrogens is 266 g/mol. The fourth-order valence-corrected chi connectivity index (χ4v) is 2.72. The van der Waals surface area contributed by atoms with Crippen LogP contribution in [0, 0.1) is 12.8 Å². The van der Waals surface area contributed by atoms with Crippen molar-refractivity contribution in [1.82, 2.24) is 10.1 Å². The van der Waals surface area contributed by atoms with Crippen LogP contribution < -0.4 is 5.32 Å². The first-order chi connectivity index (χ1) is 9.24. The van der Waals surface area contributed by atoms with E-state index in [9.17, 15) is 4.79 Å². The maximum Gasteiger partial charge on any atom is 0.260 e. The van der Waals surface area contributed by atoms with Crippen molar-refractivity contribution in [2.75, 3.05) is 18.5 Å². The number of nitrogens with zero attached hydrogens (tertiary/aromatic N) is 2. The molecule has 0 aromatic carbocycles. The number of aryl methyl sites for hydroxylation is 1. The zero-order valence-electron chi connectivity index (χ0n) is 10.4. The molecule has 19 heavy (non-hydrogen) atoms. The molecule has 2 aromatic rings. The van der Waals surface area contributed by atoms with Gasteiger partial charge in [0.25, 0.3) is 5.89 Å². The average molecular weight is 279 g/mol. The molecule has 3 heterocycles. The Bertz CT molecular complexity index is 587. The standard InChI is InChI=1S/C12H13N3O3S/c1-7-13-11(18-15-7)9-3-5-19-12(9)14-10(16)8-2-4-17-6-8/h3,5,8H,2,4,6H2,1H3,(H,14,16)/t8-/m1/s1. The van der Waals surface area contributed by atoms with E-state index in [1.807, 2.05) is 11.4 Å². The minimum absolute atomic E-state index is 0.0163. The lowest BCUT2D eigenvalue weighted by Crippen LogP contribution is -2.22. The molecule has 0 unspecified atom stereocenters. The van der Waals surface area contributed by atoms with Gasteiger partial charge in [-0.3, -0.25) is 4.79 Å². The second-order valence-electron chi connectivity index (χ2n) is 4.36. The summed E-state index contributed by atoms with van der Waals surface area (Å²) in [4.78, 5) is 16.2. The number of carbonyl (C=O) groups is 1. The summed E-state index contributed by atoms with van der Waals surface area (Å²) in [6.07, 6.45) is 0.770. The van der Waals surface area contributed by atoms with Gasteiger partial charge in [0.15, 0.2) is 5.82 Å². The van der Waals surface area contributed by atoms with Gasteiger partial charge in [0.1, 0.15) is 5.00 Å². The summed E-state index contributed by atoms with van der Waals surface area (Å²) in [6, 6.07) is 1.86.